The first kappa shape index (κ1) is 22.0. The number of pyridine rings is 1. The summed E-state index contributed by atoms with van der Waals surface area (Å²) in [5.74, 6) is -0.960. The van der Waals surface area contributed by atoms with Crippen LogP contribution in [-0.4, -0.2) is 27.9 Å². The van der Waals surface area contributed by atoms with Crippen molar-refractivity contribution < 1.29 is 23.8 Å². The number of carboxylic acid groups (broad SMARTS) is 1. The summed E-state index contributed by atoms with van der Waals surface area (Å²) >= 11 is 0. The molecular weight excluding hydrogens is 413 g/mol. The molecule has 1 aliphatic heterocycles. The Morgan fingerprint density at radius 3 is 2.62 bits per heavy atom. The maximum absolute atomic E-state index is 14.3. The molecule has 0 saturated heterocycles. The van der Waals surface area contributed by atoms with Gasteiger partial charge in [-0.3, -0.25) is 4.79 Å². The maximum atomic E-state index is 14.3. The van der Waals surface area contributed by atoms with E-state index in [9.17, 15) is 19.1 Å². The molecule has 0 amide bonds. The van der Waals surface area contributed by atoms with Crippen molar-refractivity contribution in [2.24, 2.45) is 7.05 Å². The number of benzene rings is 2. The molecule has 1 aliphatic rings. The Labute approximate surface area is 185 Å². The monoisotopic (exact) mass is 439 g/mol. The van der Waals surface area contributed by atoms with E-state index in [0.29, 0.717) is 28.5 Å². The van der Waals surface area contributed by atoms with Crippen molar-refractivity contribution in [3.05, 3.63) is 63.8 Å². The maximum Gasteiger partial charge on any atom is 0.339 e. The number of carbonyl (C=O) groups is 1. The predicted molar refractivity (Wildman–Crippen MR) is 120 cm³/mol. The van der Waals surface area contributed by atoms with Crippen LogP contribution >= 0.6 is 0 Å². The average Bonchev–Trinajstić information content (AvgIpc) is 2.73. The van der Waals surface area contributed by atoms with Gasteiger partial charge in [0.05, 0.1) is 17.9 Å². The number of hydrogen-bond donors (Lipinski definition) is 1. The van der Waals surface area contributed by atoms with Gasteiger partial charge in [-0.25, -0.2) is 9.18 Å². The van der Waals surface area contributed by atoms with Crippen LogP contribution in [0.5, 0.6) is 5.75 Å². The number of ether oxygens (including phenoxy) is 2. The summed E-state index contributed by atoms with van der Waals surface area (Å²) < 4.78 is 27.2. The molecule has 3 aromatic rings. The van der Waals surface area contributed by atoms with Gasteiger partial charge in [0.1, 0.15) is 11.6 Å². The zero-order chi connectivity index (χ0) is 23.2. The standard InChI is InChI=1S/C25H26FNO5/c1-25(2,3)32-22(24(29)30)21-20(15-7-10-19-14(12-15)6-5-11-31-19)18-13-16(26)8-9-17(18)23(28)27(21)4/h7-10,12-13,22H,5-6,11H2,1-4H3,(H,29,30). The Balaban J connectivity index is 2.10. The van der Waals surface area contributed by atoms with Crippen LogP contribution in [0.1, 0.15) is 44.6 Å². The van der Waals surface area contributed by atoms with Crippen LogP contribution in [0.4, 0.5) is 4.39 Å². The van der Waals surface area contributed by atoms with Gasteiger partial charge in [0.2, 0.25) is 0 Å². The molecule has 0 saturated carbocycles. The second-order valence-corrected chi connectivity index (χ2v) is 9.04. The molecule has 0 bridgehead atoms. The second kappa shape index (κ2) is 8.06. The van der Waals surface area contributed by atoms with Gasteiger partial charge in [0.15, 0.2) is 6.10 Å². The molecule has 0 spiro atoms. The first-order valence-electron chi connectivity index (χ1n) is 10.6. The van der Waals surface area contributed by atoms with E-state index in [1.165, 1.54) is 29.8 Å². The summed E-state index contributed by atoms with van der Waals surface area (Å²) in [6.07, 6.45) is 0.261. The fourth-order valence-corrected chi connectivity index (χ4v) is 4.21. The van der Waals surface area contributed by atoms with E-state index in [0.717, 1.165) is 24.2 Å². The number of hydrogen-bond acceptors (Lipinski definition) is 4. The van der Waals surface area contributed by atoms with E-state index in [1.807, 2.05) is 18.2 Å². The number of aromatic nitrogens is 1. The van der Waals surface area contributed by atoms with Crippen molar-refractivity contribution in [3.63, 3.8) is 0 Å². The quantitative estimate of drug-likeness (QED) is 0.642. The summed E-state index contributed by atoms with van der Waals surface area (Å²) in [6.45, 7) is 5.89. The number of aryl methyl sites for hydroxylation is 1. The Morgan fingerprint density at radius 1 is 1.19 bits per heavy atom. The van der Waals surface area contributed by atoms with Gasteiger partial charge in [-0.1, -0.05) is 6.07 Å². The molecule has 1 aromatic heterocycles. The number of aliphatic carboxylic acids is 1. The smallest absolute Gasteiger partial charge is 0.339 e. The van der Waals surface area contributed by atoms with E-state index in [-0.39, 0.29) is 5.69 Å². The largest absolute Gasteiger partial charge is 0.493 e. The van der Waals surface area contributed by atoms with Gasteiger partial charge in [-0.05, 0) is 80.5 Å². The topological polar surface area (TPSA) is 77.8 Å². The molecule has 32 heavy (non-hydrogen) atoms. The van der Waals surface area contributed by atoms with E-state index < -0.39 is 29.1 Å². The van der Waals surface area contributed by atoms with Crippen LogP contribution in [0, 0.1) is 5.82 Å². The Kier molecular flexibility index (Phi) is 5.54. The normalized spacial score (nSPS) is 14.7. The number of halogens is 1. The lowest BCUT2D eigenvalue weighted by Gasteiger charge is -2.29. The van der Waals surface area contributed by atoms with Gasteiger partial charge >= 0.3 is 5.97 Å². The highest BCUT2D eigenvalue weighted by Gasteiger charge is 2.33. The minimum Gasteiger partial charge on any atom is -0.493 e. The van der Waals surface area contributed by atoms with Gasteiger partial charge in [0, 0.05) is 18.0 Å². The molecule has 1 atom stereocenters. The third-order valence-corrected chi connectivity index (χ3v) is 5.54. The third-order valence-electron chi connectivity index (χ3n) is 5.54. The van der Waals surface area contributed by atoms with Gasteiger partial charge in [-0.15, -0.1) is 0 Å². The summed E-state index contributed by atoms with van der Waals surface area (Å²) in [7, 11) is 1.52. The zero-order valence-electron chi connectivity index (χ0n) is 18.6. The van der Waals surface area contributed by atoms with Gasteiger partial charge in [-0.2, -0.15) is 0 Å². The molecule has 1 unspecified atom stereocenters. The van der Waals surface area contributed by atoms with E-state index in [2.05, 4.69) is 0 Å². The average molecular weight is 439 g/mol. The lowest BCUT2D eigenvalue weighted by atomic mass is 9.92. The molecule has 2 aromatic carbocycles. The summed E-state index contributed by atoms with van der Waals surface area (Å²) in [6, 6.07) is 9.52. The van der Waals surface area contributed by atoms with Crippen molar-refractivity contribution in [1.29, 1.82) is 0 Å². The van der Waals surface area contributed by atoms with Crippen LogP contribution in [0.15, 0.2) is 41.2 Å². The van der Waals surface area contributed by atoms with Gasteiger partial charge < -0.3 is 19.1 Å². The number of carboxylic acids is 1. The Morgan fingerprint density at radius 2 is 1.94 bits per heavy atom. The molecule has 168 valence electrons. The van der Waals surface area contributed by atoms with Crippen LogP contribution in [-0.2, 0) is 23.0 Å². The minimum absolute atomic E-state index is 0.173. The van der Waals surface area contributed by atoms with E-state index in [4.69, 9.17) is 9.47 Å². The number of fused-ring (bicyclic) bond motifs is 2. The minimum atomic E-state index is -1.43. The van der Waals surface area contributed by atoms with Crippen molar-refractivity contribution in [1.82, 2.24) is 4.57 Å². The Bertz CT molecular complexity index is 1270. The van der Waals surface area contributed by atoms with Crippen LogP contribution < -0.4 is 10.3 Å². The SMILES string of the molecule is Cn1c(C(OC(C)(C)C)C(=O)O)c(-c2ccc3c(c2)CCCO3)c2cc(F)ccc2c1=O. The van der Waals surface area contributed by atoms with Crippen LogP contribution in [0.2, 0.25) is 0 Å². The molecule has 0 fully saturated rings. The molecule has 0 aliphatic carbocycles. The molecule has 7 heteroatoms. The van der Waals surface area contributed by atoms with Crippen molar-refractivity contribution >= 4 is 16.7 Å². The lowest BCUT2D eigenvalue weighted by Crippen LogP contribution is -2.33. The first-order valence-corrected chi connectivity index (χ1v) is 10.6. The lowest BCUT2D eigenvalue weighted by molar-refractivity contribution is -0.161. The molecule has 6 nitrogen and oxygen atoms in total. The summed E-state index contributed by atoms with van der Waals surface area (Å²) in [4.78, 5) is 25.5. The van der Waals surface area contributed by atoms with Crippen molar-refractivity contribution in [2.75, 3.05) is 6.61 Å². The van der Waals surface area contributed by atoms with E-state index >= 15 is 0 Å². The molecular formula is C25H26FNO5. The highest BCUT2D eigenvalue weighted by Crippen LogP contribution is 2.39. The summed E-state index contributed by atoms with van der Waals surface area (Å²) in [5.41, 5.74) is 1.10. The highest BCUT2D eigenvalue weighted by atomic mass is 19.1. The highest BCUT2D eigenvalue weighted by molar-refractivity contribution is 5.99. The summed E-state index contributed by atoms with van der Waals surface area (Å²) in [5, 5.41) is 10.7. The Hall–Kier alpha value is -3.19. The third kappa shape index (κ3) is 4.00. The second-order valence-electron chi connectivity index (χ2n) is 9.04. The first-order chi connectivity index (χ1) is 15.1. The van der Waals surface area contributed by atoms with Crippen molar-refractivity contribution in [3.8, 4) is 16.9 Å². The fraction of sp³-hybridized carbons (Fsp3) is 0.360. The molecule has 4 rings (SSSR count). The zero-order valence-corrected chi connectivity index (χ0v) is 18.6. The molecule has 0 radical (unpaired) electrons. The van der Waals surface area contributed by atoms with Crippen LogP contribution in [0.3, 0.4) is 0 Å². The number of nitrogens with zero attached hydrogens (tertiary/aromatic N) is 1. The van der Waals surface area contributed by atoms with E-state index in [1.54, 1.807) is 20.8 Å². The number of rotatable bonds is 4. The van der Waals surface area contributed by atoms with Gasteiger partial charge in [0.25, 0.3) is 5.56 Å². The molecule has 1 N–H and O–H groups in total. The van der Waals surface area contributed by atoms with Crippen molar-refractivity contribution in [2.45, 2.75) is 45.3 Å². The fourth-order valence-electron chi connectivity index (χ4n) is 4.21. The predicted octanol–water partition coefficient (Wildman–Crippen LogP) is 4.61. The molecule has 2 heterocycles. The van der Waals surface area contributed by atoms with Crippen LogP contribution in [0.25, 0.3) is 21.9 Å².